The van der Waals surface area contributed by atoms with Crippen LogP contribution in [0.25, 0.3) is 5.65 Å². The minimum Gasteiger partial charge on any atom is -0.294 e. The molecule has 0 saturated carbocycles. The van der Waals surface area contributed by atoms with Gasteiger partial charge in [0.25, 0.3) is 0 Å². The fraction of sp³-hybridized carbons (Fsp3) is 0.364. The van der Waals surface area contributed by atoms with Crippen LogP contribution in [0.5, 0.6) is 0 Å². The Balaban J connectivity index is 2.51. The summed E-state index contributed by atoms with van der Waals surface area (Å²) >= 11 is 0. The van der Waals surface area contributed by atoms with Crippen LogP contribution in [0.3, 0.4) is 0 Å². The first-order valence-corrected chi connectivity index (χ1v) is 4.95. The van der Waals surface area contributed by atoms with Crippen molar-refractivity contribution in [3.63, 3.8) is 0 Å². The van der Waals surface area contributed by atoms with Crippen molar-refractivity contribution >= 4 is 11.4 Å². The number of carbonyl (C=O) groups excluding carboxylic acids is 1. The first-order valence-electron chi connectivity index (χ1n) is 4.95. The van der Waals surface area contributed by atoms with Crippen LogP contribution >= 0.6 is 0 Å². The third-order valence-corrected chi connectivity index (χ3v) is 2.25. The highest BCUT2D eigenvalue weighted by atomic mass is 16.1. The van der Waals surface area contributed by atoms with Crippen molar-refractivity contribution in [1.29, 1.82) is 0 Å². The summed E-state index contributed by atoms with van der Waals surface area (Å²) in [6, 6.07) is 3.61. The van der Waals surface area contributed by atoms with Gasteiger partial charge in [0.15, 0.2) is 11.4 Å². The van der Waals surface area contributed by atoms with Gasteiger partial charge in [0.05, 0.1) is 0 Å². The molecule has 78 valence electrons. The SMILES string of the molecule is Cc1nc2ccc(C(=O)C(C)C)cn2n1. The van der Waals surface area contributed by atoms with Crippen molar-refractivity contribution in [1.82, 2.24) is 14.6 Å². The van der Waals surface area contributed by atoms with Crippen LogP contribution in [0.2, 0.25) is 0 Å². The van der Waals surface area contributed by atoms with Crippen LogP contribution in [-0.2, 0) is 0 Å². The summed E-state index contributed by atoms with van der Waals surface area (Å²) < 4.78 is 1.64. The molecule has 0 saturated heterocycles. The molecule has 4 heteroatoms. The van der Waals surface area contributed by atoms with E-state index in [0.29, 0.717) is 11.4 Å². The summed E-state index contributed by atoms with van der Waals surface area (Å²) in [7, 11) is 0. The second-order valence-electron chi connectivity index (χ2n) is 3.90. The standard InChI is InChI=1S/C11H13N3O/c1-7(2)11(15)9-4-5-10-12-8(3)13-14(10)6-9/h4-7H,1-3H3. The summed E-state index contributed by atoms with van der Waals surface area (Å²) in [4.78, 5) is 15.9. The number of hydrogen-bond acceptors (Lipinski definition) is 3. The van der Waals surface area contributed by atoms with E-state index in [1.165, 1.54) is 0 Å². The highest BCUT2D eigenvalue weighted by Gasteiger charge is 2.11. The molecule has 0 atom stereocenters. The molecule has 0 aliphatic heterocycles. The molecule has 0 fully saturated rings. The van der Waals surface area contributed by atoms with Gasteiger partial charge in [0.2, 0.25) is 0 Å². The monoisotopic (exact) mass is 203 g/mol. The predicted molar refractivity (Wildman–Crippen MR) is 56.9 cm³/mol. The van der Waals surface area contributed by atoms with E-state index in [-0.39, 0.29) is 11.7 Å². The van der Waals surface area contributed by atoms with Gasteiger partial charge in [0.1, 0.15) is 5.82 Å². The third-order valence-electron chi connectivity index (χ3n) is 2.25. The topological polar surface area (TPSA) is 47.3 Å². The number of Topliss-reactive ketones (excluding diaryl/α,β-unsaturated/α-hetero) is 1. The first kappa shape index (κ1) is 9.83. The van der Waals surface area contributed by atoms with Gasteiger partial charge in [-0.2, -0.15) is 5.10 Å². The number of rotatable bonds is 2. The molecule has 2 rings (SSSR count). The van der Waals surface area contributed by atoms with Crippen molar-refractivity contribution in [2.45, 2.75) is 20.8 Å². The van der Waals surface area contributed by atoms with Gasteiger partial charge in [0, 0.05) is 17.7 Å². The number of hydrogen-bond donors (Lipinski definition) is 0. The zero-order valence-electron chi connectivity index (χ0n) is 9.06. The van der Waals surface area contributed by atoms with Crippen molar-refractivity contribution in [3.05, 3.63) is 29.7 Å². The maximum Gasteiger partial charge on any atom is 0.166 e. The molecule has 0 radical (unpaired) electrons. The molecule has 0 unspecified atom stereocenters. The first-order chi connectivity index (χ1) is 7.08. The smallest absolute Gasteiger partial charge is 0.166 e. The molecule has 2 heterocycles. The Morgan fingerprint density at radius 3 is 2.80 bits per heavy atom. The molecule has 0 bridgehead atoms. The molecule has 15 heavy (non-hydrogen) atoms. The number of ketones is 1. The fourth-order valence-electron chi connectivity index (χ4n) is 1.47. The molecule has 0 aromatic carbocycles. The molecule has 0 aliphatic rings. The van der Waals surface area contributed by atoms with Crippen molar-refractivity contribution in [3.8, 4) is 0 Å². The molecular weight excluding hydrogens is 190 g/mol. The van der Waals surface area contributed by atoms with E-state index in [1.807, 2.05) is 26.8 Å². The summed E-state index contributed by atoms with van der Waals surface area (Å²) in [6.45, 7) is 5.61. The lowest BCUT2D eigenvalue weighted by molar-refractivity contribution is 0.0939. The number of aryl methyl sites for hydroxylation is 1. The molecule has 0 spiro atoms. The van der Waals surface area contributed by atoms with E-state index < -0.39 is 0 Å². The lowest BCUT2D eigenvalue weighted by Gasteiger charge is -2.03. The normalized spacial score (nSPS) is 11.2. The van der Waals surface area contributed by atoms with Gasteiger partial charge >= 0.3 is 0 Å². The lowest BCUT2D eigenvalue weighted by Crippen LogP contribution is -2.08. The highest BCUT2D eigenvalue weighted by molar-refractivity contribution is 5.97. The maximum absolute atomic E-state index is 11.7. The molecule has 0 amide bonds. The van der Waals surface area contributed by atoms with Gasteiger partial charge in [-0.3, -0.25) is 4.79 Å². The van der Waals surface area contributed by atoms with Crippen molar-refractivity contribution < 1.29 is 4.79 Å². The average Bonchev–Trinajstić information content (AvgIpc) is 2.55. The Morgan fingerprint density at radius 1 is 1.40 bits per heavy atom. The van der Waals surface area contributed by atoms with E-state index >= 15 is 0 Å². The maximum atomic E-state index is 11.7. The number of pyridine rings is 1. The molecule has 0 N–H and O–H groups in total. The van der Waals surface area contributed by atoms with E-state index in [1.54, 1.807) is 16.8 Å². The molecule has 0 aliphatic carbocycles. The fourth-order valence-corrected chi connectivity index (χ4v) is 1.47. The molecule has 4 nitrogen and oxygen atoms in total. The van der Waals surface area contributed by atoms with Crippen LogP contribution in [0.4, 0.5) is 0 Å². The Labute approximate surface area is 87.9 Å². The second-order valence-corrected chi connectivity index (χ2v) is 3.90. The predicted octanol–water partition coefficient (Wildman–Crippen LogP) is 1.88. The van der Waals surface area contributed by atoms with Gasteiger partial charge in [-0.05, 0) is 19.1 Å². The number of aromatic nitrogens is 3. The Hall–Kier alpha value is -1.71. The van der Waals surface area contributed by atoms with Gasteiger partial charge in [-0.1, -0.05) is 13.8 Å². The Kier molecular flexibility index (Phi) is 2.26. The van der Waals surface area contributed by atoms with E-state index in [9.17, 15) is 4.79 Å². The van der Waals surface area contributed by atoms with Gasteiger partial charge < -0.3 is 0 Å². The number of carbonyl (C=O) groups is 1. The second kappa shape index (κ2) is 3.46. The van der Waals surface area contributed by atoms with Gasteiger partial charge in [-0.15, -0.1) is 0 Å². The van der Waals surface area contributed by atoms with Crippen molar-refractivity contribution in [2.24, 2.45) is 5.92 Å². The minimum absolute atomic E-state index is 0.00654. The molecular formula is C11H13N3O. The summed E-state index contributed by atoms with van der Waals surface area (Å²) in [5, 5.41) is 4.17. The third kappa shape index (κ3) is 1.75. The largest absolute Gasteiger partial charge is 0.294 e. The van der Waals surface area contributed by atoms with Crippen LogP contribution in [0, 0.1) is 12.8 Å². The zero-order chi connectivity index (χ0) is 11.0. The van der Waals surface area contributed by atoms with Gasteiger partial charge in [-0.25, -0.2) is 9.50 Å². The Bertz CT molecular complexity index is 514. The van der Waals surface area contributed by atoms with E-state index in [2.05, 4.69) is 10.1 Å². The summed E-state index contributed by atoms with van der Waals surface area (Å²) in [5.74, 6) is 0.848. The quantitative estimate of drug-likeness (QED) is 0.700. The summed E-state index contributed by atoms with van der Waals surface area (Å²) in [6.07, 6.45) is 1.73. The number of fused-ring (bicyclic) bond motifs is 1. The van der Waals surface area contributed by atoms with Crippen LogP contribution < -0.4 is 0 Å². The molecule has 2 aromatic rings. The average molecular weight is 203 g/mol. The lowest BCUT2D eigenvalue weighted by atomic mass is 10.0. The van der Waals surface area contributed by atoms with E-state index in [0.717, 1.165) is 5.65 Å². The van der Waals surface area contributed by atoms with Crippen LogP contribution in [-0.4, -0.2) is 20.4 Å². The van der Waals surface area contributed by atoms with Crippen molar-refractivity contribution in [2.75, 3.05) is 0 Å². The molecule has 2 aromatic heterocycles. The number of nitrogens with zero attached hydrogens (tertiary/aromatic N) is 3. The zero-order valence-corrected chi connectivity index (χ0v) is 9.06. The summed E-state index contributed by atoms with van der Waals surface area (Å²) in [5.41, 5.74) is 1.45. The highest BCUT2D eigenvalue weighted by Crippen LogP contribution is 2.09. The van der Waals surface area contributed by atoms with Crippen LogP contribution in [0.15, 0.2) is 18.3 Å². The Morgan fingerprint density at radius 2 is 2.13 bits per heavy atom. The van der Waals surface area contributed by atoms with E-state index in [4.69, 9.17) is 0 Å². The minimum atomic E-state index is 0.00654. The van der Waals surface area contributed by atoms with Crippen LogP contribution in [0.1, 0.15) is 30.0 Å².